The van der Waals surface area contributed by atoms with E-state index in [1.807, 2.05) is 25.1 Å². The van der Waals surface area contributed by atoms with Crippen LogP contribution in [0.2, 0.25) is 0 Å². The van der Waals surface area contributed by atoms with Crippen LogP contribution >= 0.6 is 11.3 Å². The molecule has 1 unspecified atom stereocenters. The molecule has 1 amide bonds. The number of fused-ring (bicyclic) bond motifs is 1. The molecule has 0 saturated heterocycles. The lowest BCUT2D eigenvalue weighted by Gasteiger charge is -2.23. The molecule has 6 heteroatoms. The molecule has 2 rings (SSSR count). The van der Waals surface area contributed by atoms with Gasteiger partial charge in [0.05, 0.1) is 25.4 Å². The Hall–Kier alpha value is -1.79. The second-order valence-corrected chi connectivity index (χ2v) is 5.98. The fourth-order valence-corrected chi connectivity index (χ4v) is 3.23. The molecule has 0 spiro atoms. The maximum atomic E-state index is 12.6. The lowest BCUT2D eigenvalue weighted by atomic mass is 10.2. The Morgan fingerprint density at radius 3 is 2.76 bits per heavy atom. The standard InChI is InChI=1S/C15H20N2O3S/c1-9(8-19-3)17(2)15(18)14-13(16)11-6-5-10(20-4)7-12(11)21-14/h5-7,9H,8,16H2,1-4H3. The van der Waals surface area contributed by atoms with Crippen LogP contribution in [0.5, 0.6) is 5.75 Å². The first-order valence-electron chi connectivity index (χ1n) is 6.61. The first kappa shape index (κ1) is 15.6. The molecule has 2 aromatic rings. The van der Waals surface area contributed by atoms with Crippen molar-refractivity contribution in [3.8, 4) is 5.75 Å². The summed E-state index contributed by atoms with van der Waals surface area (Å²) in [6, 6.07) is 5.61. The average molecular weight is 308 g/mol. The van der Waals surface area contributed by atoms with Crippen molar-refractivity contribution >= 4 is 33.0 Å². The molecule has 1 aromatic heterocycles. The monoisotopic (exact) mass is 308 g/mol. The average Bonchev–Trinajstić information content (AvgIpc) is 2.82. The Balaban J connectivity index is 2.37. The zero-order valence-corrected chi connectivity index (χ0v) is 13.5. The number of rotatable bonds is 5. The quantitative estimate of drug-likeness (QED) is 0.922. The van der Waals surface area contributed by atoms with E-state index in [-0.39, 0.29) is 11.9 Å². The first-order chi connectivity index (χ1) is 9.99. The molecule has 0 aliphatic heterocycles. The largest absolute Gasteiger partial charge is 0.497 e. The van der Waals surface area contributed by atoms with Crippen LogP contribution in [0, 0.1) is 0 Å². The van der Waals surface area contributed by atoms with Gasteiger partial charge in [-0.05, 0) is 25.1 Å². The minimum atomic E-state index is -0.0859. The zero-order valence-electron chi connectivity index (χ0n) is 12.7. The van der Waals surface area contributed by atoms with Crippen LogP contribution in [-0.2, 0) is 4.74 Å². The van der Waals surface area contributed by atoms with Gasteiger partial charge in [0.2, 0.25) is 0 Å². The molecule has 0 bridgehead atoms. The van der Waals surface area contributed by atoms with Gasteiger partial charge in [0, 0.05) is 24.2 Å². The van der Waals surface area contributed by atoms with E-state index in [0.29, 0.717) is 17.2 Å². The van der Waals surface area contributed by atoms with Crippen molar-refractivity contribution < 1.29 is 14.3 Å². The highest BCUT2D eigenvalue weighted by molar-refractivity contribution is 7.21. The van der Waals surface area contributed by atoms with Crippen LogP contribution in [-0.4, -0.2) is 44.7 Å². The van der Waals surface area contributed by atoms with Crippen molar-refractivity contribution in [2.45, 2.75) is 13.0 Å². The van der Waals surface area contributed by atoms with Gasteiger partial charge in [0.1, 0.15) is 10.6 Å². The maximum Gasteiger partial charge on any atom is 0.266 e. The maximum absolute atomic E-state index is 12.6. The van der Waals surface area contributed by atoms with Crippen LogP contribution < -0.4 is 10.5 Å². The van der Waals surface area contributed by atoms with Crippen LogP contribution in [0.15, 0.2) is 18.2 Å². The first-order valence-corrected chi connectivity index (χ1v) is 7.43. The van der Waals surface area contributed by atoms with Gasteiger partial charge in [-0.2, -0.15) is 0 Å². The Morgan fingerprint density at radius 2 is 2.14 bits per heavy atom. The number of hydrogen-bond acceptors (Lipinski definition) is 5. The fraction of sp³-hybridized carbons (Fsp3) is 0.400. The molecule has 1 atom stereocenters. The SMILES string of the molecule is COCC(C)N(C)C(=O)c1sc2cc(OC)ccc2c1N. The number of anilines is 1. The van der Waals surface area contributed by atoms with Gasteiger partial charge in [0.25, 0.3) is 5.91 Å². The summed E-state index contributed by atoms with van der Waals surface area (Å²) in [6.45, 7) is 2.43. The summed E-state index contributed by atoms with van der Waals surface area (Å²) >= 11 is 1.39. The van der Waals surface area contributed by atoms with E-state index in [1.165, 1.54) is 11.3 Å². The number of nitrogens with zero attached hydrogens (tertiary/aromatic N) is 1. The van der Waals surface area contributed by atoms with Gasteiger partial charge in [-0.1, -0.05) is 0 Å². The molecule has 1 aromatic carbocycles. The minimum Gasteiger partial charge on any atom is -0.497 e. The molecule has 1 heterocycles. The van der Waals surface area contributed by atoms with Gasteiger partial charge >= 0.3 is 0 Å². The molecule has 0 fully saturated rings. The number of carbonyl (C=O) groups is 1. The van der Waals surface area contributed by atoms with Crippen LogP contribution in [0.3, 0.4) is 0 Å². The third kappa shape index (κ3) is 2.96. The van der Waals surface area contributed by atoms with Gasteiger partial charge in [0.15, 0.2) is 0 Å². The highest BCUT2D eigenvalue weighted by atomic mass is 32.1. The van der Waals surface area contributed by atoms with Gasteiger partial charge < -0.3 is 20.1 Å². The Labute approximate surface area is 128 Å². The van der Waals surface area contributed by atoms with Gasteiger partial charge in [-0.15, -0.1) is 11.3 Å². The van der Waals surface area contributed by atoms with Gasteiger partial charge in [-0.3, -0.25) is 4.79 Å². The molecular formula is C15H20N2O3S. The lowest BCUT2D eigenvalue weighted by molar-refractivity contribution is 0.0639. The summed E-state index contributed by atoms with van der Waals surface area (Å²) in [5, 5.41) is 0.886. The molecule has 21 heavy (non-hydrogen) atoms. The third-order valence-electron chi connectivity index (χ3n) is 3.52. The number of benzene rings is 1. The highest BCUT2D eigenvalue weighted by Crippen LogP contribution is 2.36. The summed E-state index contributed by atoms with van der Waals surface area (Å²) < 4.78 is 11.2. The van der Waals surface area contributed by atoms with Crippen molar-refractivity contribution in [3.63, 3.8) is 0 Å². The predicted molar refractivity (Wildman–Crippen MR) is 86.2 cm³/mol. The Bertz CT molecular complexity index is 654. The van der Waals surface area contributed by atoms with E-state index >= 15 is 0 Å². The predicted octanol–water partition coefficient (Wildman–Crippen LogP) is 2.60. The molecule has 0 saturated carbocycles. The number of thiophene rings is 1. The lowest BCUT2D eigenvalue weighted by Crippen LogP contribution is -2.37. The highest BCUT2D eigenvalue weighted by Gasteiger charge is 2.23. The summed E-state index contributed by atoms with van der Waals surface area (Å²) in [7, 11) is 5.00. The molecule has 0 radical (unpaired) electrons. The summed E-state index contributed by atoms with van der Waals surface area (Å²) in [5.74, 6) is 0.668. The van der Waals surface area contributed by atoms with E-state index in [0.717, 1.165) is 15.8 Å². The number of likely N-dealkylation sites (N-methyl/N-ethyl adjacent to an activating group) is 1. The number of hydrogen-bond donors (Lipinski definition) is 1. The number of methoxy groups -OCH3 is 2. The summed E-state index contributed by atoms with van der Waals surface area (Å²) in [5.41, 5.74) is 6.66. The molecular weight excluding hydrogens is 288 g/mol. The zero-order chi connectivity index (χ0) is 15.6. The van der Waals surface area contributed by atoms with Crippen LogP contribution in [0.1, 0.15) is 16.6 Å². The molecule has 0 aliphatic rings. The number of nitrogen functional groups attached to an aromatic ring is 1. The topological polar surface area (TPSA) is 64.8 Å². The fourth-order valence-electron chi connectivity index (χ4n) is 2.10. The van der Waals surface area contributed by atoms with Crippen molar-refractivity contribution in [1.29, 1.82) is 0 Å². The third-order valence-corrected chi connectivity index (χ3v) is 4.68. The van der Waals surface area contributed by atoms with Crippen molar-refractivity contribution in [3.05, 3.63) is 23.1 Å². The van der Waals surface area contributed by atoms with Gasteiger partial charge in [-0.25, -0.2) is 0 Å². The molecule has 2 N–H and O–H groups in total. The van der Waals surface area contributed by atoms with Crippen molar-refractivity contribution in [2.24, 2.45) is 0 Å². The Kier molecular flexibility index (Phi) is 4.69. The minimum absolute atomic E-state index is 0.0124. The van der Waals surface area contributed by atoms with Crippen LogP contribution in [0.25, 0.3) is 10.1 Å². The molecule has 5 nitrogen and oxygen atoms in total. The number of carbonyl (C=O) groups excluding carboxylic acids is 1. The van der Waals surface area contributed by atoms with Crippen molar-refractivity contribution in [1.82, 2.24) is 4.90 Å². The summed E-state index contributed by atoms with van der Waals surface area (Å²) in [6.07, 6.45) is 0. The van der Waals surface area contributed by atoms with E-state index < -0.39 is 0 Å². The Morgan fingerprint density at radius 1 is 1.43 bits per heavy atom. The van der Waals surface area contributed by atoms with E-state index in [4.69, 9.17) is 15.2 Å². The van der Waals surface area contributed by atoms with Crippen molar-refractivity contribution in [2.75, 3.05) is 33.6 Å². The van der Waals surface area contributed by atoms with E-state index in [2.05, 4.69) is 0 Å². The second-order valence-electron chi connectivity index (χ2n) is 4.93. The smallest absolute Gasteiger partial charge is 0.266 e. The van der Waals surface area contributed by atoms with Crippen LogP contribution in [0.4, 0.5) is 5.69 Å². The van der Waals surface area contributed by atoms with E-state index in [1.54, 1.807) is 26.2 Å². The van der Waals surface area contributed by atoms with E-state index in [9.17, 15) is 4.79 Å². The second kappa shape index (κ2) is 6.32. The number of amides is 1. The molecule has 114 valence electrons. The number of nitrogens with two attached hydrogens (primary N) is 1. The normalized spacial score (nSPS) is 12.4. The summed E-state index contributed by atoms with van der Waals surface area (Å²) in [4.78, 5) is 14.8. The molecule has 0 aliphatic carbocycles. The number of ether oxygens (including phenoxy) is 2.